The molecule has 2 aromatic heterocycles. The van der Waals surface area contributed by atoms with Crippen LogP contribution in [-0.4, -0.2) is 15.9 Å². The first-order chi connectivity index (χ1) is 16.8. The number of nitrogens with zero attached hydrogens (tertiary/aromatic N) is 2. The van der Waals surface area contributed by atoms with Crippen LogP contribution in [0.3, 0.4) is 0 Å². The van der Waals surface area contributed by atoms with Gasteiger partial charge in [-0.15, -0.1) is 11.3 Å². The van der Waals surface area contributed by atoms with E-state index >= 15 is 0 Å². The van der Waals surface area contributed by atoms with Gasteiger partial charge in [0.05, 0.1) is 5.69 Å². The van der Waals surface area contributed by atoms with Crippen molar-refractivity contribution in [2.45, 2.75) is 5.92 Å². The van der Waals surface area contributed by atoms with Gasteiger partial charge in [-0.25, -0.2) is 4.98 Å². The van der Waals surface area contributed by atoms with Gasteiger partial charge in [0.1, 0.15) is 17.4 Å². The number of benzene rings is 3. The van der Waals surface area contributed by atoms with E-state index in [4.69, 9.17) is 4.74 Å². The van der Waals surface area contributed by atoms with Gasteiger partial charge >= 0.3 is 5.97 Å². The van der Waals surface area contributed by atoms with Gasteiger partial charge in [-0.2, -0.15) is 0 Å². The van der Waals surface area contributed by atoms with E-state index in [1.54, 1.807) is 18.3 Å². The number of rotatable bonds is 7. The van der Waals surface area contributed by atoms with Gasteiger partial charge in [-0.05, 0) is 35.4 Å². The molecule has 1 N–H and O–H groups in total. The van der Waals surface area contributed by atoms with Gasteiger partial charge in [0.15, 0.2) is 5.13 Å². The predicted octanol–water partition coefficient (Wildman–Crippen LogP) is 6.69. The van der Waals surface area contributed by atoms with Crippen LogP contribution < -0.4 is 10.1 Å². The number of carbonyl (C=O) groups excluding carboxylic acids is 1. The van der Waals surface area contributed by atoms with Crippen molar-refractivity contribution in [3.63, 3.8) is 0 Å². The Balaban J connectivity index is 1.34. The minimum atomic E-state index is -0.515. The van der Waals surface area contributed by atoms with E-state index < -0.39 is 5.92 Å². The number of thiazole rings is 1. The predicted molar refractivity (Wildman–Crippen MR) is 135 cm³/mol. The summed E-state index contributed by atoms with van der Waals surface area (Å²) in [6, 6.07) is 32.4. The first kappa shape index (κ1) is 21.6. The van der Waals surface area contributed by atoms with Crippen LogP contribution in [0.5, 0.6) is 5.75 Å². The molecule has 0 aliphatic carbocycles. The van der Waals surface area contributed by atoms with Gasteiger partial charge in [0.2, 0.25) is 0 Å². The zero-order valence-corrected chi connectivity index (χ0v) is 19.0. The Morgan fingerprint density at radius 2 is 1.50 bits per heavy atom. The number of carbonyl (C=O) groups is 1. The SMILES string of the molecule is O=C(Oc1cccc(Nc2nc(-c3ccccn3)cs2)c1)C(c1ccccc1)c1ccccc1. The maximum absolute atomic E-state index is 13.3. The van der Waals surface area contributed by atoms with E-state index in [1.807, 2.05) is 96.4 Å². The molecule has 0 saturated heterocycles. The molecule has 0 atom stereocenters. The molecular weight excluding hydrogens is 442 g/mol. The molecule has 0 amide bonds. The van der Waals surface area contributed by atoms with Crippen LogP contribution in [0.4, 0.5) is 10.8 Å². The van der Waals surface area contributed by atoms with E-state index in [-0.39, 0.29) is 5.97 Å². The second-order valence-corrected chi connectivity index (χ2v) is 8.44. The fourth-order valence-electron chi connectivity index (χ4n) is 3.65. The summed E-state index contributed by atoms with van der Waals surface area (Å²) in [6.07, 6.45) is 1.75. The minimum absolute atomic E-state index is 0.332. The summed E-state index contributed by atoms with van der Waals surface area (Å²) in [5.74, 6) is -0.381. The lowest BCUT2D eigenvalue weighted by atomic mass is 9.91. The largest absolute Gasteiger partial charge is 0.426 e. The highest BCUT2D eigenvalue weighted by Crippen LogP contribution is 2.30. The van der Waals surface area contributed by atoms with Crippen molar-refractivity contribution in [1.82, 2.24) is 9.97 Å². The monoisotopic (exact) mass is 463 g/mol. The molecule has 166 valence electrons. The summed E-state index contributed by atoms with van der Waals surface area (Å²) in [5.41, 5.74) is 4.19. The summed E-state index contributed by atoms with van der Waals surface area (Å²) in [6.45, 7) is 0. The summed E-state index contributed by atoms with van der Waals surface area (Å²) in [5, 5.41) is 5.98. The molecule has 0 bridgehead atoms. The molecule has 0 aliphatic heterocycles. The summed E-state index contributed by atoms with van der Waals surface area (Å²) in [4.78, 5) is 22.2. The average molecular weight is 464 g/mol. The van der Waals surface area contributed by atoms with E-state index in [0.29, 0.717) is 5.75 Å². The summed E-state index contributed by atoms with van der Waals surface area (Å²) >= 11 is 1.49. The van der Waals surface area contributed by atoms with Crippen LogP contribution in [0, 0.1) is 0 Å². The number of hydrogen-bond donors (Lipinski definition) is 1. The lowest BCUT2D eigenvalue weighted by molar-refractivity contribution is -0.135. The molecule has 0 fully saturated rings. The van der Waals surface area contributed by atoms with E-state index in [9.17, 15) is 4.79 Å². The Kier molecular flexibility index (Phi) is 6.40. The zero-order chi connectivity index (χ0) is 23.2. The molecule has 5 aromatic rings. The van der Waals surface area contributed by atoms with Crippen molar-refractivity contribution < 1.29 is 9.53 Å². The van der Waals surface area contributed by atoms with Crippen molar-refractivity contribution in [3.8, 4) is 17.1 Å². The highest BCUT2D eigenvalue weighted by molar-refractivity contribution is 7.14. The molecule has 0 aliphatic rings. The van der Waals surface area contributed by atoms with Gasteiger partial charge in [0, 0.05) is 23.3 Å². The number of esters is 1. The third kappa shape index (κ3) is 5.03. The number of nitrogens with one attached hydrogen (secondary N) is 1. The van der Waals surface area contributed by atoms with Crippen molar-refractivity contribution in [2.75, 3.05) is 5.32 Å². The van der Waals surface area contributed by atoms with Crippen LogP contribution in [0.15, 0.2) is 115 Å². The van der Waals surface area contributed by atoms with E-state index in [0.717, 1.165) is 33.3 Å². The van der Waals surface area contributed by atoms with Crippen LogP contribution in [0.1, 0.15) is 17.0 Å². The standard InChI is InChI=1S/C28H21N3O2S/c32-27(26(20-10-3-1-4-11-20)21-12-5-2-6-13-21)33-23-15-9-14-22(18-23)30-28-31-25(19-34-28)24-16-7-8-17-29-24/h1-19,26H,(H,30,31). The summed E-state index contributed by atoms with van der Waals surface area (Å²) < 4.78 is 5.83. The molecule has 34 heavy (non-hydrogen) atoms. The number of pyridine rings is 1. The van der Waals surface area contributed by atoms with Crippen molar-refractivity contribution >= 4 is 28.1 Å². The maximum Gasteiger partial charge on any atom is 0.323 e. The zero-order valence-electron chi connectivity index (χ0n) is 18.2. The second-order valence-electron chi connectivity index (χ2n) is 7.58. The fraction of sp³-hybridized carbons (Fsp3) is 0.0357. The molecule has 6 heteroatoms. The van der Waals surface area contributed by atoms with Crippen LogP contribution in [-0.2, 0) is 4.79 Å². The third-order valence-electron chi connectivity index (χ3n) is 5.24. The third-order valence-corrected chi connectivity index (χ3v) is 5.99. The molecule has 3 aromatic carbocycles. The number of anilines is 2. The van der Waals surface area contributed by atoms with Crippen LogP contribution >= 0.6 is 11.3 Å². The van der Waals surface area contributed by atoms with Crippen molar-refractivity contribution in [2.24, 2.45) is 0 Å². The Hall–Kier alpha value is -4.29. The number of ether oxygens (including phenoxy) is 1. The molecule has 0 unspecified atom stereocenters. The van der Waals surface area contributed by atoms with E-state index in [1.165, 1.54) is 11.3 Å². The second kappa shape index (κ2) is 10.1. The van der Waals surface area contributed by atoms with Gasteiger partial charge in [-0.3, -0.25) is 9.78 Å². The number of aromatic nitrogens is 2. The number of hydrogen-bond acceptors (Lipinski definition) is 6. The first-order valence-corrected chi connectivity index (χ1v) is 11.7. The highest BCUT2D eigenvalue weighted by atomic mass is 32.1. The Morgan fingerprint density at radius 3 is 2.18 bits per heavy atom. The normalized spacial score (nSPS) is 10.7. The Bertz CT molecular complexity index is 1330. The lowest BCUT2D eigenvalue weighted by Gasteiger charge is -2.17. The maximum atomic E-state index is 13.3. The first-order valence-electron chi connectivity index (χ1n) is 10.8. The van der Waals surface area contributed by atoms with E-state index in [2.05, 4.69) is 15.3 Å². The molecule has 0 spiro atoms. The van der Waals surface area contributed by atoms with Crippen LogP contribution in [0.25, 0.3) is 11.4 Å². The minimum Gasteiger partial charge on any atom is -0.426 e. The van der Waals surface area contributed by atoms with Gasteiger partial charge < -0.3 is 10.1 Å². The molecular formula is C28H21N3O2S. The van der Waals surface area contributed by atoms with Crippen LogP contribution in [0.2, 0.25) is 0 Å². The quantitative estimate of drug-likeness (QED) is 0.215. The smallest absolute Gasteiger partial charge is 0.323 e. The lowest BCUT2D eigenvalue weighted by Crippen LogP contribution is -2.20. The van der Waals surface area contributed by atoms with Gasteiger partial charge in [-0.1, -0.05) is 72.8 Å². The summed E-state index contributed by atoms with van der Waals surface area (Å²) in [7, 11) is 0. The average Bonchev–Trinajstić information content (AvgIpc) is 3.35. The molecule has 2 heterocycles. The molecule has 5 nitrogen and oxygen atoms in total. The molecule has 0 saturated carbocycles. The highest BCUT2D eigenvalue weighted by Gasteiger charge is 2.24. The Morgan fingerprint density at radius 1 is 0.794 bits per heavy atom. The Labute approximate surface area is 201 Å². The molecule has 5 rings (SSSR count). The van der Waals surface area contributed by atoms with Gasteiger partial charge in [0.25, 0.3) is 0 Å². The van der Waals surface area contributed by atoms with Crippen molar-refractivity contribution in [1.29, 1.82) is 0 Å². The molecule has 0 radical (unpaired) electrons. The topological polar surface area (TPSA) is 64.1 Å². The fourth-order valence-corrected chi connectivity index (χ4v) is 4.38. The van der Waals surface area contributed by atoms with Crippen molar-refractivity contribution in [3.05, 3.63) is 126 Å².